The van der Waals surface area contributed by atoms with Gasteiger partial charge in [0, 0.05) is 23.6 Å². The van der Waals surface area contributed by atoms with E-state index in [4.69, 9.17) is 11.6 Å². The maximum atomic E-state index is 14.5. The average Bonchev–Trinajstić information content (AvgIpc) is 2.96. The van der Waals surface area contributed by atoms with Gasteiger partial charge in [0.15, 0.2) is 5.65 Å². The van der Waals surface area contributed by atoms with Gasteiger partial charge in [0.2, 0.25) is 0 Å². The summed E-state index contributed by atoms with van der Waals surface area (Å²) in [6, 6.07) is 10.5. The number of aromatic nitrogens is 4. The van der Waals surface area contributed by atoms with Crippen LogP contribution in [0.1, 0.15) is 24.1 Å². The fourth-order valence-electron chi connectivity index (χ4n) is 2.77. The van der Waals surface area contributed by atoms with Crippen molar-refractivity contribution in [2.75, 3.05) is 0 Å². The third-order valence-corrected chi connectivity index (χ3v) is 4.19. The molecule has 1 atom stereocenters. The van der Waals surface area contributed by atoms with Crippen molar-refractivity contribution in [3.63, 3.8) is 0 Å². The van der Waals surface area contributed by atoms with E-state index in [-0.39, 0.29) is 11.7 Å². The summed E-state index contributed by atoms with van der Waals surface area (Å²) in [4.78, 5) is 8.48. The van der Waals surface area contributed by atoms with E-state index in [0.29, 0.717) is 21.9 Å². The fourth-order valence-corrected chi connectivity index (χ4v) is 2.91. The molecule has 0 N–H and O–H groups in total. The number of rotatable bonds is 2. The molecule has 3 heterocycles. The highest BCUT2D eigenvalue weighted by molar-refractivity contribution is 6.29. The van der Waals surface area contributed by atoms with Crippen LogP contribution in [0, 0.1) is 5.82 Å². The number of fused-ring (bicyclic) bond motifs is 2. The van der Waals surface area contributed by atoms with Gasteiger partial charge in [-0.1, -0.05) is 24.6 Å². The molecule has 4 aromatic rings. The molecule has 0 aliphatic carbocycles. The molecule has 1 aromatic carbocycles. The van der Waals surface area contributed by atoms with Crippen LogP contribution in [0.25, 0.3) is 16.6 Å². The second kappa shape index (κ2) is 5.28. The summed E-state index contributed by atoms with van der Waals surface area (Å²) < 4.78 is 16.2. The molecule has 0 saturated heterocycles. The van der Waals surface area contributed by atoms with Gasteiger partial charge in [-0.2, -0.15) is 5.10 Å². The molecular weight excluding hydrogens is 315 g/mol. The summed E-state index contributed by atoms with van der Waals surface area (Å²) in [6.45, 7) is 1.92. The van der Waals surface area contributed by atoms with Crippen molar-refractivity contribution in [2.45, 2.75) is 12.8 Å². The minimum atomic E-state index is -0.291. The Labute approximate surface area is 136 Å². The first-order valence-corrected chi connectivity index (χ1v) is 7.55. The van der Waals surface area contributed by atoms with Gasteiger partial charge in [0.05, 0.1) is 17.4 Å². The van der Waals surface area contributed by atoms with Crippen LogP contribution in [0.2, 0.25) is 5.15 Å². The molecule has 4 rings (SSSR count). The van der Waals surface area contributed by atoms with E-state index in [1.807, 2.05) is 25.1 Å². The van der Waals surface area contributed by atoms with E-state index in [0.717, 1.165) is 11.1 Å². The minimum absolute atomic E-state index is 0.222. The molecule has 0 aliphatic heterocycles. The minimum Gasteiger partial charge on any atom is -0.256 e. The predicted molar refractivity (Wildman–Crippen MR) is 87.2 cm³/mol. The predicted octanol–water partition coefficient (Wildman–Crippen LogP) is 4.22. The molecule has 0 radical (unpaired) electrons. The molecular formula is C17H12ClFN4. The van der Waals surface area contributed by atoms with Crippen LogP contribution in [0.15, 0.2) is 48.8 Å². The molecule has 6 heteroatoms. The van der Waals surface area contributed by atoms with E-state index in [2.05, 4.69) is 15.1 Å². The molecule has 0 fully saturated rings. The Balaban J connectivity index is 1.89. The van der Waals surface area contributed by atoms with Gasteiger partial charge in [-0.15, -0.1) is 0 Å². The van der Waals surface area contributed by atoms with Crippen molar-refractivity contribution in [1.82, 2.24) is 19.6 Å². The first-order valence-electron chi connectivity index (χ1n) is 7.18. The lowest BCUT2D eigenvalue weighted by atomic mass is 9.96. The van der Waals surface area contributed by atoms with Gasteiger partial charge in [0.25, 0.3) is 0 Å². The van der Waals surface area contributed by atoms with Crippen LogP contribution in [-0.2, 0) is 0 Å². The lowest BCUT2D eigenvalue weighted by Gasteiger charge is -2.13. The molecule has 3 aromatic heterocycles. The molecule has 23 heavy (non-hydrogen) atoms. The summed E-state index contributed by atoms with van der Waals surface area (Å²) in [6.07, 6.45) is 3.36. The van der Waals surface area contributed by atoms with E-state index >= 15 is 0 Å². The first kappa shape index (κ1) is 14.1. The van der Waals surface area contributed by atoms with Crippen LogP contribution in [0.3, 0.4) is 0 Å². The van der Waals surface area contributed by atoms with E-state index in [1.165, 1.54) is 6.07 Å². The smallest absolute Gasteiger partial charge is 0.153 e. The van der Waals surface area contributed by atoms with Crippen molar-refractivity contribution in [1.29, 1.82) is 0 Å². The maximum Gasteiger partial charge on any atom is 0.153 e. The van der Waals surface area contributed by atoms with E-state index in [9.17, 15) is 4.39 Å². The number of imidazole rings is 1. The average molecular weight is 327 g/mol. The second-order valence-corrected chi connectivity index (χ2v) is 5.79. The van der Waals surface area contributed by atoms with Crippen LogP contribution in [0.4, 0.5) is 4.39 Å². The Hall–Kier alpha value is -2.53. The highest BCUT2D eigenvalue weighted by Crippen LogP contribution is 2.29. The van der Waals surface area contributed by atoms with E-state index < -0.39 is 0 Å². The van der Waals surface area contributed by atoms with Crippen molar-refractivity contribution < 1.29 is 4.39 Å². The zero-order valence-electron chi connectivity index (χ0n) is 12.2. The highest BCUT2D eigenvalue weighted by atomic mass is 35.5. The van der Waals surface area contributed by atoms with E-state index in [1.54, 1.807) is 29.0 Å². The molecule has 4 nitrogen and oxygen atoms in total. The van der Waals surface area contributed by atoms with Gasteiger partial charge >= 0.3 is 0 Å². The van der Waals surface area contributed by atoms with Crippen molar-refractivity contribution in [3.05, 3.63) is 71.0 Å². The Morgan fingerprint density at radius 3 is 2.91 bits per heavy atom. The molecule has 0 bridgehead atoms. The number of nitrogens with zero attached hydrogens (tertiary/aromatic N) is 4. The maximum absolute atomic E-state index is 14.5. The zero-order chi connectivity index (χ0) is 16.0. The van der Waals surface area contributed by atoms with Gasteiger partial charge in [0.1, 0.15) is 11.0 Å². The number of hydrogen-bond donors (Lipinski definition) is 0. The lowest BCUT2D eigenvalue weighted by Crippen LogP contribution is -2.05. The van der Waals surface area contributed by atoms with Crippen LogP contribution < -0.4 is 0 Å². The van der Waals surface area contributed by atoms with Crippen LogP contribution in [0.5, 0.6) is 0 Å². The Kier molecular flexibility index (Phi) is 3.23. The Bertz CT molecular complexity index is 1030. The molecule has 0 spiro atoms. The number of pyridine rings is 1. The van der Waals surface area contributed by atoms with Crippen molar-refractivity contribution >= 4 is 28.2 Å². The van der Waals surface area contributed by atoms with Gasteiger partial charge in [-0.05, 0) is 29.8 Å². The van der Waals surface area contributed by atoms with Crippen molar-refractivity contribution in [2.24, 2.45) is 0 Å². The summed E-state index contributed by atoms with van der Waals surface area (Å²) in [7, 11) is 0. The number of benzene rings is 1. The third kappa shape index (κ3) is 2.33. The third-order valence-electron chi connectivity index (χ3n) is 3.99. The van der Waals surface area contributed by atoms with Crippen LogP contribution in [-0.4, -0.2) is 19.6 Å². The monoisotopic (exact) mass is 326 g/mol. The molecule has 0 amide bonds. The number of halogens is 2. The summed E-state index contributed by atoms with van der Waals surface area (Å²) in [5.41, 5.74) is 2.68. The van der Waals surface area contributed by atoms with Crippen molar-refractivity contribution in [3.8, 4) is 0 Å². The normalized spacial score (nSPS) is 12.8. The standard InChI is InChI=1S/C17H12ClFN4/c1-10(15-9-21-17-5-4-16(18)22-23(15)17)12-7-11-3-2-6-20-14(11)8-13(12)19/h2-10H,1H3/t10-/m0/s1. The SMILES string of the molecule is C[C@@H](c1cc2cccnc2cc1F)c1cnc2ccc(Cl)nn12. The second-order valence-electron chi connectivity index (χ2n) is 5.40. The topological polar surface area (TPSA) is 43.1 Å². The summed E-state index contributed by atoms with van der Waals surface area (Å²) >= 11 is 5.97. The van der Waals surface area contributed by atoms with Gasteiger partial charge < -0.3 is 0 Å². The quantitative estimate of drug-likeness (QED) is 0.554. The fraction of sp³-hybridized carbons (Fsp3) is 0.118. The molecule has 114 valence electrons. The largest absolute Gasteiger partial charge is 0.256 e. The van der Waals surface area contributed by atoms with Crippen LogP contribution >= 0.6 is 11.6 Å². The lowest BCUT2D eigenvalue weighted by molar-refractivity contribution is 0.600. The highest BCUT2D eigenvalue weighted by Gasteiger charge is 2.19. The molecule has 0 unspecified atom stereocenters. The Morgan fingerprint density at radius 2 is 2.04 bits per heavy atom. The molecule has 0 aliphatic rings. The zero-order valence-corrected chi connectivity index (χ0v) is 13.0. The van der Waals surface area contributed by atoms with Gasteiger partial charge in [-0.25, -0.2) is 13.9 Å². The van der Waals surface area contributed by atoms with Gasteiger partial charge in [-0.3, -0.25) is 4.98 Å². The number of hydrogen-bond acceptors (Lipinski definition) is 3. The summed E-state index contributed by atoms with van der Waals surface area (Å²) in [5.74, 6) is -0.513. The molecule has 0 saturated carbocycles. The first-order chi connectivity index (χ1) is 11.1. The summed E-state index contributed by atoms with van der Waals surface area (Å²) in [5, 5.41) is 5.53. The Morgan fingerprint density at radius 1 is 1.17 bits per heavy atom.